The Morgan fingerprint density at radius 3 is 2.72 bits per heavy atom. The van der Waals surface area contributed by atoms with E-state index in [1.807, 2.05) is 0 Å². The maximum absolute atomic E-state index is 13.2. The average Bonchev–Trinajstić information content (AvgIpc) is 2.57. The summed E-state index contributed by atoms with van der Waals surface area (Å²) in [6.45, 7) is -0.764. The van der Waals surface area contributed by atoms with Gasteiger partial charge in [0.2, 0.25) is 0 Å². The summed E-state index contributed by atoms with van der Waals surface area (Å²) < 4.78 is 42.8. The molecule has 0 atom stereocenters. The summed E-state index contributed by atoms with van der Waals surface area (Å²) in [5, 5.41) is 3.50. The van der Waals surface area contributed by atoms with Crippen LogP contribution in [-0.4, -0.2) is 23.0 Å². The van der Waals surface area contributed by atoms with Gasteiger partial charge in [0.05, 0.1) is 16.2 Å². The van der Waals surface area contributed by atoms with Crippen LogP contribution >= 0.6 is 11.6 Å². The lowest BCUT2D eigenvalue weighted by Gasteiger charge is -2.12. The number of hydrogen-bond donors (Lipinski definition) is 2. The number of benzene rings is 2. The van der Waals surface area contributed by atoms with Crippen molar-refractivity contribution in [3.05, 3.63) is 47.5 Å². The molecule has 1 aromatic heterocycles. The van der Waals surface area contributed by atoms with Crippen molar-refractivity contribution >= 4 is 39.7 Å². The first-order chi connectivity index (χ1) is 11.9. The molecule has 3 rings (SSSR count). The molecule has 9 heteroatoms. The molecular formula is C16H12ClF3N4O. The number of nitrogens with one attached hydrogen (secondary N) is 1. The number of ether oxygens (including phenoxy) is 1. The Labute approximate surface area is 145 Å². The highest BCUT2D eigenvalue weighted by Gasteiger charge is 2.12. The monoisotopic (exact) mass is 368 g/mol. The van der Waals surface area contributed by atoms with Gasteiger partial charge in [-0.1, -0.05) is 11.6 Å². The molecule has 25 heavy (non-hydrogen) atoms. The van der Waals surface area contributed by atoms with Crippen LogP contribution in [0.15, 0.2) is 36.7 Å². The zero-order valence-electron chi connectivity index (χ0n) is 12.6. The molecule has 0 saturated heterocycles. The van der Waals surface area contributed by atoms with Crippen molar-refractivity contribution < 1.29 is 17.9 Å². The van der Waals surface area contributed by atoms with E-state index < -0.39 is 18.8 Å². The normalized spacial score (nSPS) is 11.1. The molecule has 130 valence electrons. The van der Waals surface area contributed by atoms with Gasteiger partial charge < -0.3 is 15.8 Å². The molecule has 0 saturated carbocycles. The Morgan fingerprint density at radius 1 is 1.20 bits per heavy atom. The molecule has 0 fully saturated rings. The van der Waals surface area contributed by atoms with Crippen molar-refractivity contribution in [3.8, 4) is 5.75 Å². The van der Waals surface area contributed by atoms with E-state index in [9.17, 15) is 13.2 Å². The zero-order chi connectivity index (χ0) is 18.0. The van der Waals surface area contributed by atoms with Crippen LogP contribution in [0.4, 0.5) is 30.4 Å². The summed E-state index contributed by atoms with van der Waals surface area (Å²) in [6, 6.07) is 7.10. The number of nitrogens with zero attached hydrogens (tertiary/aromatic N) is 2. The van der Waals surface area contributed by atoms with Gasteiger partial charge in [0.15, 0.2) is 0 Å². The Bertz CT molecular complexity index is 923. The van der Waals surface area contributed by atoms with E-state index in [2.05, 4.69) is 15.3 Å². The van der Waals surface area contributed by atoms with Gasteiger partial charge in [-0.15, -0.1) is 0 Å². The fraction of sp³-hybridized carbons (Fsp3) is 0.125. The highest BCUT2D eigenvalue weighted by Crippen LogP contribution is 2.32. The molecule has 0 spiro atoms. The minimum atomic E-state index is -2.61. The van der Waals surface area contributed by atoms with Gasteiger partial charge in [-0.05, 0) is 24.3 Å². The molecule has 0 aliphatic heterocycles. The van der Waals surface area contributed by atoms with Gasteiger partial charge in [0.25, 0.3) is 6.43 Å². The minimum Gasteiger partial charge on any atom is -0.485 e. The third-order valence-corrected chi connectivity index (χ3v) is 3.60. The SMILES string of the molecule is Nc1cc2c(Nc3ccc(F)c(Cl)c3)ncnc2cc1OCC(F)F. The van der Waals surface area contributed by atoms with Crippen molar-refractivity contribution in [2.45, 2.75) is 6.43 Å². The van der Waals surface area contributed by atoms with Gasteiger partial charge in [-0.2, -0.15) is 0 Å². The number of fused-ring (bicyclic) bond motifs is 1. The quantitative estimate of drug-likeness (QED) is 0.653. The number of aromatic nitrogens is 2. The van der Waals surface area contributed by atoms with Crippen LogP contribution in [0.1, 0.15) is 0 Å². The summed E-state index contributed by atoms with van der Waals surface area (Å²) in [5.74, 6) is -0.0214. The van der Waals surface area contributed by atoms with E-state index in [1.54, 1.807) is 0 Å². The lowest BCUT2D eigenvalue weighted by molar-refractivity contribution is 0.0823. The summed E-state index contributed by atoms with van der Waals surface area (Å²) >= 11 is 5.76. The lowest BCUT2D eigenvalue weighted by Crippen LogP contribution is -2.08. The molecule has 3 aromatic rings. The van der Waals surface area contributed by atoms with Crippen molar-refractivity contribution in [1.82, 2.24) is 9.97 Å². The Balaban J connectivity index is 1.96. The second-order valence-corrected chi connectivity index (χ2v) is 5.49. The van der Waals surface area contributed by atoms with Gasteiger partial charge in [0.1, 0.15) is 30.3 Å². The Hall–Kier alpha value is -2.74. The molecule has 3 N–H and O–H groups in total. The van der Waals surface area contributed by atoms with Gasteiger partial charge in [-0.25, -0.2) is 23.1 Å². The van der Waals surface area contributed by atoms with E-state index in [0.29, 0.717) is 22.4 Å². The number of nitrogens with two attached hydrogens (primary N) is 1. The minimum absolute atomic E-state index is 0.0365. The predicted octanol–water partition coefficient (Wildman–Crippen LogP) is 4.39. The van der Waals surface area contributed by atoms with Crippen LogP contribution in [0.5, 0.6) is 5.75 Å². The molecule has 5 nitrogen and oxygen atoms in total. The van der Waals surface area contributed by atoms with Crippen LogP contribution < -0.4 is 15.8 Å². The molecular weight excluding hydrogens is 357 g/mol. The number of nitrogen functional groups attached to an aromatic ring is 1. The first kappa shape index (κ1) is 17.1. The summed E-state index contributed by atoms with van der Waals surface area (Å²) in [5.41, 5.74) is 6.99. The lowest BCUT2D eigenvalue weighted by atomic mass is 10.2. The number of anilines is 3. The molecule has 0 aliphatic rings. The van der Waals surface area contributed by atoms with Crippen molar-refractivity contribution in [2.75, 3.05) is 17.7 Å². The molecule has 0 amide bonds. The predicted molar refractivity (Wildman–Crippen MR) is 90.1 cm³/mol. The van der Waals surface area contributed by atoms with Crippen molar-refractivity contribution in [1.29, 1.82) is 0 Å². The average molecular weight is 369 g/mol. The van der Waals surface area contributed by atoms with Gasteiger partial charge in [-0.3, -0.25) is 0 Å². The fourth-order valence-corrected chi connectivity index (χ4v) is 2.37. The van der Waals surface area contributed by atoms with Crippen LogP contribution in [0.25, 0.3) is 10.9 Å². The fourth-order valence-electron chi connectivity index (χ4n) is 2.19. The first-order valence-corrected chi connectivity index (χ1v) is 7.49. The molecule has 0 unspecified atom stereocenters. The van der Waals surface area contributed by atoms with Gasteiger partial charge >= 0.3 is 0 Å². The number of alkyl halides is 2. The smallest absolute Gasteiger partial charge is 0.272 e. The second kappa shape index (κ2) is 7.02. The highest BCUT2D eigenvalue weighted by atomic mass is 35.5. The van der Waals surface area contributed by atoms with Crippen LogP contribution in [0.2, 0.25) is 5.02 Å². The summed E-state index contributed by atoms with van der Waals surface area (Å²) in [4.78, 5) is 8.21. The van der Waals surface area contributed by atoms with Gasteiger partial charge in [0, 0.05) is 17.1 Å². The summed E-state index contributed by atoms with van der Waals surface area (Å²) in [6.07, 6.45) is -1.32. The zero-order valence-corrected chi connectivity index (χ0v) is 13.4. The van der Waals surface area contributed by atoms with E-state index in [-0.39, 0.29) is 16.5 Å². The number of halogens is 4. The molecule has 0 aliphatic carbocycles. The topological polar surface area (TPSA) is 73.1 Å². The van der Waals surface area contributed by atoms with E-state index in [1.165, 1.54) is 36.7 Å². The van der Waals surface area contributed by atoms with E-state index in [4.69, 9.17) is 22.1 Å². The highest BCUT2D eigenvalue weighted by molar-refractivity contribution is 6.31. The largest absolute Gasteiger partial charge is 0.485 e. The number of hydrogen-bond acceptors (Lipinski definition) is 5. The third-order valence-electron chi connectivity index (χ3n) is 3.31. The second-order valence-electron chi connectivity index (χ2n) is 5.09. The Kier molecular flexibility index (Phi) is 4.80. The van der Waals surface area contributed by atoms with Crippen LogP contribution in [0.3, 0.4) is 0 Å². The number of rotatable bonds is 5. The standard InChI is InChI=1S/C16H12ClF3N4O/c17-10-3-8(1-2-11(10)18)24-16-9-4-12(21)14(25-6-15(19)20)5-13(9)22-7-23-16/h1-5,7,15H,6,21H2,(H,22,23,24). The van der Waals surface area contributed by atoms with E-state index in [0.717, 1.165) is 0 Å². The Morgan fingerprint density at radius 2 is 2.00 bits per heavy atom. The van der Waals surface area contributed by atoms with Crippen LogP contribution in [0, 0.1) is 5.82 Å². The third kappa shape index (κ3) is 3.85. The van der Waals surface area contributed by atoms with Crippen molar-refractivity contribution in [2.24, 2.45) is 0 Å². The van der Waals surface area contributed by atoms with Crippen LogP contribution in [-0.2, 0) is 0 Å². The molecule has 1 heterocycles. The van der Waals surface area contributed by atoms with E-state index >= 15 is 0 Å². The first-order valence-electron chi connectivity index (χ1n) is 7.11. The summed E-state index contributed by atoms with van der Waals surface area (Å²) in [7, 11) is 0. The maximum atomic E-state index is 13.2. The molecule has 0 radical (unpaired) electrons. The maximum Gasteiger partial charge on any atom is 0.272 e. The molecule has 2 aromatic carbocycles. The molecule has 0 bridgehead atoms. The van der Waals surface area contributed by atoms with Crippen molar-refractivity contribution in [3.63, 3.8) is 0 Å².